The summed E-state index contributed by atoms with van der Waals surface area (Å²) in [6.07, 6.45) is 2.78. The Hall–Kier alpha value is -2.28. The number of rotatable bonds is 5. The lowest BCUT2D eigenvalue weighted by Gasteiger charge is -2.27. The first-order valence-electron chi connectivity index (χ1n) is 8.73. The van der Waals surface area contributed by atoms with E-state index < -0.39 is 0 Å². The van der Waals surface area contributed by atoms with Gasteiger partial charge in [-0.1, -0.05) is 6.42 Å². The normalized spacial score (nSPS) is 22.8. The van der Waals surface area contributed by atoms with Gasteiger partial charge in [-0.15, -0.1) is 0 Å². The molecule has 0 unspecified atom stereocenters. The molecule has 2 aliphatic rings. The fourth-order valence-corrected chi connectivity index (χ4v) is 3.49. The Morgan fingerprint density at radius 2 is 2.16 bits per heavy atom. The van der Waals surface area contributed by atoms with Crippen LogP contribution in [0.25, 0.3) is 0 Å². The van der Waals surface area contributed by atoms with Crippen molar-refractivity contribution in [2.75, 3.05) is 33.4 Å². The van der Waals surface area contributed by atoms with Crippen LogP contribution in [0.1, 0.15) is 29.6 Å². The Morgan fingerprint density at radius 3 is 2.92 bits per heavy atom. The molecule has 2 heterocycles. The summed E-state index contributed by atoms with van der Waals surface area (Å²) in [5.41, 5.74) is 5.99. The molecule has 0 radical (unpaired) electrons. The number of nitrogens with two attached hydrogens (primary N) is 1. The summed E-state index contributed by atoms with van der Waals surface area (Å²) in [6.45, 7) is 1.80. The van der Waals surface area contributed by atoms with Gasteiger partial charge in [0.05, 0.1) is 13.0 Å². The molecule has 3 N–H and O–H groups in total. The first-order chi connectivity index (χ1) is 12.1. The standard InChI is InChI=1S/C18H25N3O4/c1-24-16-9-12(5-6-15(16)25-8-7-19)18(23)21-10-13-3-2-4-14(11-21)20-17(13)22/h5-6,9,13-14H,2-4,7-8,10-11,19H2,1H3,(H,20,22)/t13-,14+/m1/s1. The molecule has 0 spiro atoms. The van der Waals surface area contributed by atoms with E-state index in [9.17, 15) is 9.59 Å². The van der Waals surface area contributed by atoms with E-state index in [2.05, 4.69) is 5.32 Å². The molecule has 7 nitrogen and oxygen atoms in total. The lowest BCUT2D eigenvalue weighted by atomic mass is 9.98. The van der Waals surface area contributed by atoms with Gasteiger partial charge in [0, 0.05) is 31.2 Å². The molecule has 136 valence electrons. The zero-order valence-electron chi connectivity index (χ0n) is 14.5. The fraction of sp³-hybridized carbons (Fsp3) is 0.556. The van der Waals surface area contributed by atoms with Gasteiger partial charge in [0.25, 0.3) is 5.91 Å². The van der Waals surface area contributed by atoms with Crippen LogP contribution in [0, 0.1) is 5.92 Å². The van der Waals surface area contributed by atoms with E-state index in [4.69, 9.17) is 15.2 Å². The summed E-state index contributed by atoms with van der Waals surface area (Å²) < 4.78 is 10.9. The van der Waals surface area contributed by atoms with Crippen molar-refractivity contribution in [3.63, 3.8) is 0 Å². The summed E-state index contributed by atoms with van der Waals surface area (Å²) >= 11 is 0. The minimum atomic E-state index is -0.120. The maximum atomic E-state index is 13.0. The fourth-order valence-electron chi connectivity index (χ4n) is 3.49. The van der Waals surface area contributed by atoms with E-state index in [1.54, 1.807) is 23.1 Å². The van der Waals surface area contributed by atoms with Gasteiger partial charge in [-0.05, 0) is 31.0 Å². The molecule has 0 aliphatic carbocycles. The van der Waals surface area contributed by atoms with Crippen LogP contribution in [-0.4, -0.2) is 56.1 Å². The van der Waals surface area contributed by atoms with Crippen molar-refractivity contribution in [3.8, 4) is 11.5 Å². The third kappa shape index (κ3) is 3.87. The van der Waals surface area contributed by atoms with Gasteiger partial charge in [0.2, 0.25) is 5.91 Å². The van der Waals surface area contributed by atoms with Gasteiger partial charge in [0.1, 0.15) is 6.61 Å². The molecule has 7 heteroatoms. The summed E-state index contributed by atoms with van der Waals surface area (Å²) in [6, 6.07) is 5.18. The number of hydrogen-bond donors (Lipinski definition) is 2. The van der Waals surface area contributed by atoms with Crippen LogP contribution in [0.15, 0.2) is 18.2 Å². The lowest BCUT2D eigenvalue weighted by molar-refractivity contribution is -0.124. The molecule has 0 saturated carbocycles. The molecule has 1 aromatic carbocycles. The van der Waals surface area contributed by atoms with E-state index in [1.807, 2.05) is 0 Å². The highest BCUT2D eigenvalue weighted by Gasteiger charge is 2.34. The van der Waals surface area contributed by atoms with Crippen LogP contribution in [0.4, 0.5) is 0 Å². The molecule has 25 heavy (non-hydrogen) atoms. The summed E-state index contributed by atoms with van der Waals surface area (Å²) in [7, 11) is 1.54. The number of ether oxygens (including phenoxy) is 2. The number of nitrogens with zero attached hydrogens (tertiary/aromatic N) is 1. The Bertz CT molecular complexity index is 649. The predicted octanol–water partition coefficient (Wildman–Crippen LogP) is 0.773. The van der Waals surface area contributed by atoms with Crippen molar-refractivity contribution >= 4 is 11.8 Å². The third-order valence-corrected chi connectivity index (χ3v) is 4.78. The number of hydrogen-bond acceptors (Lipinski definition) is 5. The molecule has 2 fully saturated rings. The molecule has 1 aromatic rings. The minimum absolute atomic E-state index is 0.0398. The smallest absolute Gasteiger partial charge is 0.254 e. The average Bonchev–Trinajstić information content (AvgIpc) is 2.87. The van der Waals surface area contributed by atoms with Gasteiger partial charge >= 0.3 is 0 Å². The minimum Gasteiger partial charge on any atom is -0.493 e. The van der Waals surface area contributed by atoms with Crippen molar-refractivity contribution in [3.05, 3.63) is 23.8 Å². The average molecular weight is 347 g/mol. The molecule has 2 aliphatic heterocycles. The Morgan fingerprint density at radius 1 is 1.32 bits per heavy atom. The number of carbonyl (C=O) groups excluding carboxylic acids is 2. The van der Waals surface area contributed by atoms with E-state index in [1.165, 1.54) is 7.11 Å². The number of nitrogens with one attached hydrogen (secondary N) is 1. The first kappa shape index (κ1) is 17.5. The number of methoxy groups -OCH3 is 1. The van der Waals surface area contributed by atoms with Gasteiger partial charge in [0.15, 0.2) is 11.5 Å². The van der Waals surface area contributed by atoms with Crippen molar-refractivity contribution in [1.29, 1.82) is 0 Å². The van der Waals surface area contributed by atoms with Gasteiger partial charge < -0.3 is 25.4 Å². The monoisotopic (exact) mass is 347 g/mol. The maximum Gasteiger partial charge on any atom is 0.254 e. The highest BCUT2D eigenvalue weighted by atomic mass is 16.5. The molecular weight excluding hydrogens is 322 g/mol. The van der Waals surface area contributed by atoms with E-state index in [-0.39, 0.29) is 23.8 Å². The number of benzene rings is 1. The lowest BCUT2D eigenvalue weighted by Crippen LogP contribution is -2.41. The zero-order chi connectivity index (χ0) is 17.8. The topological polar surface area (TPSA) is 93.9 Å². The number of likely N-dealkylation sites (tertiary alicyclic amines) is 1. The van der Waals surface area contributed by atoms with Crippen LogP contribution in [0.5, 0.6) is 11.5 Å². The molecule has 2 saturated heterocycles. The van der Waals surface area contributed by atoms with Crippen LogP contribution in [0.2, 0.25) is 0 Å². The second-order valence-electron chi connectivity index (χ2n) is 6.55. The molecular formula is C18H25N3O4. The second-order valence-corrected chi connectivity index (χ2v) is 6.55. The van der Waals surface area contributed by atoms with Gasteiger partial charge in [-0.3, -0.25) is 9.59 Å². The van der Waals surface area contributed by atoms with Crippen molar-refractivity contribution < 1.29 is 19.1 Å². The molecule has 2 amide bonds. The van der Waals surface area contributed by atoms with Crippen LogP contribution >= 0.6 is 0 Å². The van der Waals surface area contributed by atoms with E-state index in [0.29, 0.717) is 43.3 Å². The summed E-state index contributed by atoms with van der Waals surface area (Å²) in [5, 5.41) is 3.04. The molecule has 2 bridgehead atoms. The SMILES string of the molecule is COc1cc(C(=O)N2C[C@@H]3CCC[C@H](C2)C(=O)N3)ccc1OCCN. The molecule has 3 rings (SSSR count). The quantitative estimate of drug-likeness (QED) is 0.821. The van der Waals surface area contributed by atoms with Crippen molar-refractivity contribution in [1.82, 2.24) is 10.2 Å². The predicted molar refractivity (Wildman–Crippen MR) is 92.7 cm³/mol. The van der Waals surface area contributed by atoms with E-state index >= 15 is 0 Å². The molecule has 0 aromatic heterocycles. The second kappa shape index (κ2) is 7.74. The molecule has 2 atom stereocenters. The maximum absolute atomic E-state index is 13.0. The van der Waals surface area contributed by atoms with Gasteiger partial charge in [-0.2, -0.15) is 0 Å². The van der Waals surface area contributed by atoms with Crippen molar-refractivity contribution in [2.45, 2.75) is 25.3 Å². The largest absolute Gasteiger partial charge is 0.493 e. The highest BCUT2D eigenvalue weighted by Crippen LogP contribution is 2.29. The van der Waals surface area contributed by atoms with Crippen LogP contribution in [-0.2, 0) is 4.79 Å². The number of amides is 2. The third-order valence-electron chi connectivity index (χ3n) is 4.78. The summed E-state index contributed by atoms with van der Waals surface area (Å²) in [5.74, 6) is 0.932. The van der Waals surface area contributed by atoms with Crippen molar-refractivity contribution in [2.24, 2.45) is 11.7 Å². The zero-order valence-corrected chi connectivity index (χ0v) is 14.5. The van der Waals surface area contributed by atoms with Crippen LogP contribution < -0.4 is 20.5 Å². The number of carbonyl (C=O) groups is 2. The van der Waals surface area contributed by atoms with Gasteiger partial charge in [-0.25, -0.2) is 0 Å². The Kier molecular flexibility index (Phi) is 5.43. The Balaban J connectivity index is 1.79. The summed E-state index contributed by atoms with van der Waals surface area (Å²) in [4.78, 5) is 26.9. The van der Waals surface area contributed by atoms with E-state index in [0.717, 1.165) is 19.3 Å². The highest BCUT2D eigenvalue weighted by molar-refractivity contribution is 5.95. The van der Waals surface area contributed by atoms with Crippen LogP contribution in [0.3, 0.4) is 0 Å². The number of fused-ring (bicyclic) bond motifs is 3. The Labute approximate surface area is 147 Å². The first-order valence-corrected chi connectivity index (χ1v) is 8.73.